The zero-order chi connectivity index (χ0) is 10.7. The van der Waals surface area contributed by atoms with Gasteiger partial charge in [0.2, 0.25) is 5.28 Å². The molecule has 2 aromatic heterocycles. The Morgan fingerprint density at radius 2 is 2.13 bits per heavy atom. The van der Waals surface area contributed by atoms with Crippen LogP contribution in [0.1, 0.15) is 10.7 Å². The van der Waals surface area contributed by atoms with E-state index in [9.17, 15) is 0 Å². The molecule has 0 N–H and O–H groups in total. The van der Waals surface area contributed by atoms with Crippen LogP contribution in [0, 0.1) is 0 Å². The van der Waals surface area contributed by atoms with E-state index in [-0.39, 0.29) is 5.28 Å². The normalized spacial score (nSPS) is 11.1. The molecule has 0 aromatic carbocycles. The quantitative estimate of drug-likeness (QED) is 0.839. The highest BCUT2D eigenvalue weighted by Crippen LogP contribution is 2.21. The van der Waals surface area contributed by atoms with Gasteiger partial charge in [0.1, 0.15) is 6.33 Å². The van der Waals surface area contributed by atoms with E-state index in [4.69, 9.17) is 11.6 Å². The van der Waals surface area contributed by atoms with E-state index < -0.39 is 0 Å². The zero-order valence-electron chi connectivity index (χ0n) is 7.46. The molecule has 0 unspecified atom stereocenters. The Balaban J connectivity index is 2.18. The van der Waals surface area contributed by atoms with Crippen molar-refractivity contribution < 1.29 is 0 Å². The molecule has 0 spiro atoms. The molecule has 0 bridgehead atoms. The fourth-order valence-corrected chi connectivity index (χ4v) is 2.13. The van der Waals surface area contributed by atoms with Crippen LogP contribution >= 0.6 is 35.6 Å². The maximum atomic E-state index is 5.62. The van der Waals surface area contributed by atoms with Gasteiger partial charge < -0.3 is 0 Å². The van der Waals surface area contributed by atoms with Crippen LogP contribution in [0.25, 0.3) is 12.2 Å². The second kappa shape index (κ2) is 4.74. The van der Waals surface area contributed by atoms with E-state index in [0.717, 1.165) is 9.09 Å². The van der Waals surface area contributed by atoms with Gasteiger partial charge in [0.15, 0.2) is 5.82 Å². The molecule has 2 heterocycles. The molecule has 76 valence electrons. The molecule has 0 aliphatic carbocycles. The lowest BCUT2D eigenvalue weighted by molar-refractivity contribution is 1.03. The van der Waals surface area contributed by atoms with E-state index in [1.807, 2.05) is 18.2 Å². The number of hydrogen-bond acceptors (Lipinski definition) is 5. The molecule has 2 aromatic rings. The van der Waals surface area contributed by atoms with Crippen LogP contribution in [-0.2, 0) is 0 Å². The fourth-order valence-electron chi connectivity index (χ4n) is 0.957. The van der Waals surface area contributed by atoms with Gasteiger partial charge in [-0.05, 0) is 35.9 Å². The van der Waals surface area contributed by atoms with Gasteiger partial charge in [-0.2, -0.15) is 4.98 Å². The molecule has 15 heavy (non-hydrogen) atoms. The summed E-state index contributed by atoms with van der Waals surface area (Å²) in [5.41, 5.74) is 0. The number of halogens is 1. The summed E-state index contributed by atoms with van der Waals surface area (Å²) in [6.07, 6.45) is 5.08. The molecular weight excluding hydrogens is 250 g/mol. The van der Waals surface area contributed by atoms with E-state index in [1.54, 1.807) is 17.4 Å². The summed E-state index contributed by atoms with van der Waals surface area (Å²) in [6, 6.07) is 3.92. The number of nitrogens with zero attached hydrogens (tertiary/aromatic N) is 3. The molecule has 3 nitrogen and oxygen atoms in total. The largest absolute Gasteiger partial charge is 0.225 e. The van der Waals surface area contributed by atoms with Crippen molar-refractivity contribution in [3.05, 3.63) is 34.4 Å². The molecule has 0 saturated carbocycles. The number of thiophene rings is 1. The number of aromatic nitrogens is 3. The van der Waals surface area contributed by atoms with Gasteiger partial charge in [0, 0.05) is 4.88 Å². The highest BCUT2D eigenvalue weighted by atomic mass is 35.5. The number of rotatable bonds is 2. The highest BCUT2D eigenvalue weighted by molar-refractivity contribution is 7.82. The number of hydrogen-bond donors (Lipinski definition) is 1. The Hall–Kier alpha value is -0.910. The third-order valence-electron chi connectivity index (χ3n) is 1.57. The van der Waals surface area contributed by atoms with Crippen LogP contribution in [0.15, 0.2) is 22.7 Å². The van der Waals surface area contributed by atoms with Crippen LogP contribution < -0.4 is 0 Å². The fraction of sp³-hybridized carbons (Fsp3) is 0. The molecule has 0 atom stereocenters. The summed E-state index contributed by atoms with van der Waals surface area (Å²) < 4.78 is 0.975. The van der Waals surface area contributed by atoms with E-state index in [0.29, 0.717) is 5.82 Å². The van der Waals surface area contributed by atoms with Gasteiger partial charge in [0.05, 0.1) is 4.21 Å². The van der Waals surface area contributed by atoms with Gasteiger partial charge in [-0.3, -0.25) is 0 Å². The van der Waals surface area contributed by atoms with Crippen molar-refractivity contribution in [1.82, 2.24) is 15.0 Å². The first-order valence-electron chi connectivity index (χ1n) is 4.05. The van der Waals surface area contributed by atoms with Crippen LogP contribution in [0.4, 0.5) is 0 Å². The summed E-state index contributed by atoms with van der Waals surface area (Å²) in [6.45, 7) is 0. The van der Waals surface area contributed by atoms with E-state index >= 15 is 0 Å². The third-order valence-corrected chi connectivity index (χ3v) is 3.03. The number of thiol groups is 1. The molecule has 0 aliphatic rings. The highest BCUT2D eigenvalue weighted by Gasteiger charge is 1.95. The topological polar surface area (TPSA) is 38.7 Å². The lowest BCUT2D eigenvalue weighted by Gasteiger charge is -1.90. The molecular formula is C9H6ClN3S2. The van der Waals surface area contributed by atoms with Gasteiger partial charge in [-0.15, -0.1) is 24.0 Å². The molecule has 0 aliphatic heterocycles. The maximum absolute atomic E-state index is 5.62. The monoisotopic (exact) mass is 255 g/mol. The molecule has 6 heteroatoms. The zero-order valence-corrected chi connectivity index (χ0v) is 9.93. The first-order chi connectivity index (χ1) is 7.24. The smallest absolute Gasteiger partial charge is 0.217 e. The van der Waals surface area contributed by atoms with Crippen molar-refractivity contribution in [1.29, 1.82) is 0 Å². The Bertz CT molecular complexity index is 496. The SMILES string of the molecule is Sc1ccc(/C=C/c2ncnc(Cl)n2)s1. The maximum Gasteiger partial charge on any atom is 0.225 e. The minimum atomic E-state index is 0.200. The van der Waals surface area contributed by atoms with Crippen molar-refractivity contribution in [3.8, 4) is 0 Å². The Labute approximate surface area is 101 Å². The minimum Gasteiger partial charge on any atom is -0.217 e. The average molecular weight is 256 g/mol. The van der Waals surface area contributed by atoms with Crippen LogP contribution in [0.2, 0.25) is 5.28 Å². The Kier molecular flexibility index (Phi) is 3.35. The average Bonchev–Trinajstić information content (AvgIpc) is 2.62. The first-order valence-corrected chi connectivity index (χ1v) is 5.69. The van der Waals surface area contributed by atoms with Crippen molar-refractivity contribution in [2.75, 3.05) is 0 Å². The predicted octanol–water partition coefficient (Wildman–Crippen LogP) is 3.05. The lowest BCUT2D eigenvalue weighted by atomic mass is 10.4. The van der Waals surface area contributed by atoms with Crippen LogP contribution in [-0.4, -0.2) is 15.0 Å². The van der Waals surface area contributed by atoms with Crippen molar-refractivity contribution >= 4 is 47.7 Å². The van der Waals surface area contributed by atoms with Crippen molar-refractivity contribution in [3.63, 3.8) is 0 Å². The minimum absolute atomic E-state index is 0.200. The van der Waals surface area contributed by atoms with Crippen LogP contribution in [0.5, 0.6) is 0 Å². The van der Waals surface area contributed by atoms with Gasteiger partial charge in [-0.25, -0.2) is 9.97 Å². The third kappa shape index (κ3) is 3.02. The van der Waals surface area contributed by atoms with Gasteiger partial charge in [-0.1, -0.05) is 0 Å². The van der Waals surface area contributed by atoms with Crippen LogP contribution in [0.3, 0.4) is 0 Å². The van der Waals surface area contributed by atoms with Crippen molar-refractivity contribution in [2.24, 2.45) is 0 Å². The first kappa shape index (κ1) is 10.6. The van der Waals surface area contributed by atoms with Crippen molar-refractivity contribution in [2.45, 2.75) is 4.21 Å². The second-order valence-corrected chi connectivity index (χ2v) is 4.86. The molecule has 0 radical (unpaired) electrons. The summed E-state index contributed by atoms with van der Waals surface area (Å²) in [5.74, 6) is 0.545. The lowest BCUT2D eigenvalue weighted by Crippen LogP contribution is -1.88. The Morgan fingerprint density at radius 1 is 1.27 bits per heavy atom. The summed E-state index contributed by atoms with van der Waals surface area (Å²) >= 11 is 11.4. The summed E-state index contributed by atoms with van der Waals surface area (Å²) in [5, 5.41) is 0.200. The molecule has 0 amide bonds. The van der Waals surface area contributed by atoms with Gasteiger partial charge in [0.25, 0.3) is 0 Å². The standard InChI is InChI=1S/C9H6ClN3S2/c10-9-12-5-11-7(13-9)3-1-6-2-4-8(14)15-6/h1-5,14H/b3-1+. The van der Waals surface area contributed by atoms with Gasteiger partial charge >= 0.3 is 0 Å². The van der Waals surface area contributed by atoms with E-state index in [2.05, 4.69) is 27.6 Å². The second-order valence-electron chi connectivity index (χ2n) is 2.62. The summed E-state index contributed by atoms with van der Waals surface area (Å²) in [4.78, 5) is 12.7. The van der Waals surface area contributed by atoms with E-state index in [1.165, 1.54) is 6.33 Å². The Morgan fingerprint density at radius 3 is 2.80 bits per heavy atom. The molecule has 0 saturated heterocycles. The predicted molar refractivity (Wildman–Crippen MR) is 65.3 cm³/mol. The molecule has 0 fully saturated rings. The molecule has 2 rings (SSSR count). The summed E-state index contributed by atoms with van der Waals surface area (Å²) in [7, 11) is 0.